The molecule has 0 radical (unpaired) electrons. The topological polar surface area (TPSA) is 32.3 Å². The molecule has 1 aliphatic heterocycles. The molecule has 1 aliphatic rings. The Labute approximate surface area is 109 Å². The first-order valence-corrected chi connectivity index (χ1v) is 7.13. The summed E-state index contributed by atoms with van der Waals surface area (Å²) in [7, 11) is 0. The van der Waals surface area contributed by atoms with E-state index in [4.69, 9.17) is 0 Å². The molecule has 1 fully saturated rings. The zero-order valence-electron chi connectivity index (χ0n) is 10.2. The average Bonchev–Trinajstić information content (AvgIpc) is 2.24. The lowest BCUT2D eigenvalue weighted by molar-refractivity contribution is -0.132. The Kier molecular flexibility index (Phi) is 9.18. The van der Waals surface area contributed by atoms with Crippen LogP contribution in [0, 0.1) is 0 Å². The van der Waals surface area contributed by atoms with Gasteiger partial charge in [0.2, 0.25) is 5.91 Å². The standard InChI is InChI=1S/C11H22N2OS.ClH/c1-10-9-13(7-6-12-10)11(14)5-3-4-8-15-2;/h10,12H,3-9H2,1-2H3;1H. The number of nitrogens with one attached hydrogen (secondary N) is 1. The van der Waals surface area contributed by atoms with Crippen LogP contribution in [0.4, 0.5) is 0 Å². The third-order valence-corrected chi connectivity index (χ3v) is 3.41. The minimum absolute atomic E-state index is 0. The van der Waals surface area contributed by atoms with Gasteiger partial charge in [0, 0.05) is 32.1 Å². The van der Waals surface area contributed by atoms with Crippen molar-refractivity contribution in [3.8, 4) is 0 Å². The zero-order chi connectivity index (χ0) is 11.1. The molecule has 1 heterocycles. The smallest absolute Gasteiger partial charge is 0.222 e. The molecule has 1 atom stereocenters. The van der Waals surface area contributed by atoms with E-state index in [0.29, 0.717) is 11.9 Å². The van der Waals surface area contributed by atoms with Crippen LogP contribution in [0.15, 0.2) is 0 Å². The van der Waals surface area contributed by atoms with Crippen molar-refractivity contribution in [2.24, 2.45) is 0 Å². The SMILES string of the molecule is CSCCCCC(=O)N1CCNC(C)C1.Cl. The lowest BCUT2D eigenvalue weighted by atomic mass is 10.2. The highest BCUT2D eigenvalue weighted by Crippen LogP contribution is 2.07. The third-order valence-electron chi connectivity index (χ3n) is 2.71. The van der Waals surface area contributed by atoms with Crippen LogP contribution in [0.2, 0.25) is 0 Å². The van der Waals surface area contributed by atoms with Gasteiger partial charge in [0.05, 0.1) is 0 Å². The number of carbonyl (C=O) groups is 1. The van der Waals surface area contributed by atoms with E-state index in [2.05, 4.69) is 18.5 Å². The van der Waals surface area contributed by atoms with Crippen LogP contribution in [0.3, 0.4) is 0 Å². The number of carbonyl (C=O) groups excluding carboxylic acids is 1. The van der Waals surface area contributed by atoms with Crippen molar-refractivity contribution < 1.29 is 4.79 Å². The van der Waals surface area contributed by atoms with E-state index < -0.39 is 0 Å². The Balaban J connectivity index is 0.00000225. The van der Waals surface area contributed by atoms with Crippen LogP contribution >= 0.6 is 24.2 Å². The molecule has 1 unspecified atom stereocenters. The number of amides is 1. The molecule has 16 heavy (non-hydrogen) atoms. The zero-order valence-corrected chi connectivity index (χ0v) is 11.8. The fraction of sp³-hybridized carbons (Fsp3) is 0.909. The first-order chi connectivity index (χ1) is 7.24. The van der Waals surface area contributed by atoms with Gasteiger partial charge < -0.3 is 10.2 Å². The Hall–Kier alpha value is 0.0700. The quantitative estimate of drug-likeness (QED) is 0.770. The number of rotatable bonds is 5. The average molecular weight is 267 g/mol. The second-order valence-corrected chi connectivity index (χ2v) is 5.13. The van der Waals surface area contributed by atoms with Crippen molar-refractivity contribution in [3.05, 3.63) is 0 Å². The van der Waals surface area contributed by atoms with Crippen molar-refractivity contribution >= 4 is 30.1 Å². The van der Waals surface area contributed by atoms with Gasteiger partial charge in [-0.3, -0.25) is 4.79 Å². The van der Waals surface area contributed by atoms with Gasteiger partial charge >= 0.3 is 0 Å². The molecular formula is C11H23ClN2OS. The molecule has 0 aliphatic carbocycles. The van der Waals surface area contributed by atoms with Gasteiger partial charge in [0.1, 0.15) is 0 Å². The van der Waals surface area contributed by atoms with Crippen LogP contribution in [0.25, 0.3) is 0 Å². The summed E-state index contributed by atoms with van der Waals surface area (Å²) >= 11 is 1.85. The van der Waals surface area contributed by atoms with Gasteiger partial charge in [-0.1, -0.05) is 0 Å². The first-order valence-electron chi connectivity index (χ1n) is 5.74. The lowest BCUT2D eigenvalue weighted by Gasteiger charge is -2.32. The Bertz CT molecular complexity index is 204. The van der Waals surface area contributed by atoms with E-state index in [9.17, 15) is 4.79 Å². The highest BCUT2D eigenvalue weighted by Gasteiger charge is 2.19. The fourth-order valence-electron chi connectivity index (χ4n) is 1.84. The van der Waals surface area contributed by atoms with Gasteiger partial charge in [-0.05, 0) is 31.8 Å². The monoisotopic (exact) mass is 266 g/mol. The van der Waals surface area contributed by atoms with E-state index in [1.807, 2.05) is 16.7 Å². The van der Waals surface area contributed by atoms with E-state index in [-0.39, 0.29) is 12.4 Å². The molecule has 5 heteroatoms. The van der Waals surface area contributed by atoms with Crippen LogP contribution in [0.5, 0.6) is 0 Å². The summed E-state index contributed by atoms with van der Waals surface area (Å²) < 4.78 is 0. The van der Waals surface area contributed by atoms with Gasteiger partial charge in [0.15, 0.2) is 0 Å². The molecule has 3 nitrogen and oxygen atoms in total. The summed E-state index contributed by atoms with van der Waals surface area (Å²) in [5.74, 6) is 1.51. The summed E-state index contributed by atoms with van der Waals surface area (Å²) in [6.45, 7) is 4.83. The molecule has 0 spiro atoms. The van der Waals surface area contributed by atoms with Gasteiger partial charge in [0.25, 0.3) is 0 Å². The van der Waals surface area contributed by atoms with Crippen LogP contribution in [-0.4, -0.2) is 48.5 Å². The van der Waals surface area contributed by atoms with Gasteiger partial charge in [-0.25, -0.2) is 0 Å². The number of hydrogen-bond donors (Lipinski definition) is 1. The first kappa shape index (κ1) is 16.1. The molecule has 1 amide bonds. The van der Waals surface area contributed by atoms with Crippen LogP contribution in [0.1, 0.15) is 26.2 Å². The number of thioether (sulfide) groups is 1. The normalized spacial score (nSPS) is 20.4. The summed E-state index contributed by atoms with van der Waals surface area (Å²) in [4.78, 5) is 13.8. The molecule has 1 rings (SSSR count). The predicted molar refractivity (Wildman–Crippen MR) is 73.5 cm³/mol. The van der Waals surface area contributed by atoms with Gasteiger partial charge in [-0.15, -0.1) is 12.4 Å². The van der Waals surface area contributed by atoms with Crippen molar-refractivity contribution in [2.75, 3.05) is 31.6 Å². The summed E-state index contributed by atoms with van der Waals surface area (Å²) in [5, 5.41) is 3.35. The Morgan fingerprint density at radius 1 is 1.50 bits per heavy atom. The predicted octanol–water partition coefficient (Wildman–Crippen LogP) is 1.76. The molecule has 0 saturated carbocycles. The molecule has 0 aromatic rings. The molecule has 96 valence electrons. The van der Waals surface area contributed by atoms with Crippen molar-refractivity contribution in [3.63, 3.8) is 0 Å². The lowest BCUT2D eigenvalue weighted by Crippen LogP contribution is -2.51. The second-order valence-electron chi connectivity index (χ2n) is 4.14. The number of halogens is 1. The van der Waals surface area contributed by atoms with E-state index in [1.54, 1.807) is 0 Å². The third kappa shape index (κ3) is 5.97. The number of hydrogen-bond acceptors (Lipinski definition) is 3. The van der Waals surface area contributed by atoms with E-state index in [1.165, 1.54) is 5.75 Å². The van der Waals surface area contributed by atoms with Crippen LogP contribution in [-0.2, 0) is 4.79 Å². The summed E-state index contributed by atoms with van der Waals surface area (Å²) in [6.07, 6.45) is 5.04. The second kappa shape index (κ2) is 9.14. The summed E-state index contributed by atoms with van der Waals surface area (Å²) in [6, 6.07) is 0.453. The van der Waals surface area contributed by atoms with Crippen LogP contribution < -0.4 is 5.32 Å². The van der Waals surface area contributed by atoms with Crippen molar-refractivity contribution in [2.45, 2.75) is 32.2 Å². The fourth-order valence-corrected chi connectivity index (χ4v) is 2.33. The molecule has 0 aromatic carbocycles. The summed E-state index contributed by atoms with van der Waals surface area (Å²) in [5.41, 5.74) is 0. The Morgan fingerprint density at radius 3 is 2.88 bits per heavy atom. The number of piperazine rings is 1. The Morgan fingerprint density at radius 2 is 2.25 bits per heavy atom. The minimum Gasteiger partial charge on any atom is -0.340 e. The largest absolute Gasteiger partial charge is 0.340 e. The van der Waals surface area contributed by atoms with E-state index in [0.717, 1.165) is 38.9 Å². The highest BCUT2D eigenvalue weighted by atomic mass is 35.5. The maximum absolute atomic E-state index is 11.8. The van der Waals surface area contributed by atoms with Crippen molar-refractivity contribution in [1.29, 1.82) is 0 Å². The van der Waals surface area contributed by atoms with Crippen molar-refractivity contribution in [1.82, 2.24) is 10.2 Å². The molecular weight excluding hydrogens is 244 g/mol. The molecule has 0 bridgehead atoms. The maximum Gasteiger partial charge on any atom is 0.222 e. The van der Waals surface area contributed by atoms with E-state index >= 15 is 0 Å². The maximum atomic E-state index is 11.8. The number of unbranched alkanes of at least 4 members (excludes halogenated alkanes) is 1. The highest BCUT2D eigenvalue weighted by molar-refractivity contribution is 7.98. The molecule has 0 aromatic heterocycles. The van der Waals surface area contributed by atoms with Gasteiger partial charge in [-0.2, -0.15) is 11.8 Å². The number of nitrogens with zero attached hydrogens (tertiary/aromatic N) is 1. The molecule has 1 N–H and O–H groups in total. The molecule has 1 saturated heterocycles. The minimum atomic E-state index is 0.